The van der Waals surface area contributed by atoms with Crippen molar-refractivity contribution in [1.29, 1.82) is 0 Å². The van der Waals surface area contributed by atoms with Crippen molar-refractivity contribution < 1.29 is 21.1 Å². The third-order valence-corrected chi connectivity index (χ3v) is 7.04. The van der Waals surface area contributed by atoms with Crippen molar-refractivity contribution in [2.45, 2.75) is 38.6 Å². The molecule has 3 aromatic carbocycles. The van der Waals surface area contributed by atoms with E-state index in [2.05, 4.69) is 96.0 Å². The molecule has 0 N–H and O–H groups in total. The van der Waals surface area contributed by atoms with E-state index in [1.807, 2.05) is 0 Å². The first-order valence-corrected chi connectivity index (χ1v) is 12.2. The summed E-state index contributed by atoms with van der Waals surface area (Å²) in [6.45, 7) is 0.706. The van der Waals surface area contributed by atoms with E-state index < -0.39 is 0 Å². The van der Waals surface area contributed by atoms with E-state index in [0.29, 0.717) is 6.54 Å². The smallest absolute Gasteiger partial charge is 0.431 e. The minimum absolute atomic E-state index is 0. The molecule has 0 bridgehead atoms. The summed E-state index contributed by atoms with van der Waals surface area (Å²) in [5.41, 5.74) is 8.93. The van der Waals surface area contributed by atoms with Crippen LogP contribution in [0.25, 0.3) is 44.6 Å². The molecule has 6 rings (SSSR count). The largest absolute Gasteiger partial charge is 2.00 e. The fourth-order valence-electron chi connectivity index (χ4n) is 5.15. The molecule has 2 heterocycles. The molecule has 1 saturated carbocycles. The van der Waals surface area contributed by atoms with Crippen molar-refractivity contribution in [2.75, 3.05) is 0 Å². The number of imidazole rings is 1. The van der Waals surface area contributed by atoms with E-state index in [0.717, 1.165) is 51.9 Å². The van der Waals surface area contributed by atoms with Gasteiger partial charge in [-0.05, 0) is 44.3 Å². The molecule has 0 spiro atoms. The Bertz CT molecular complexity index is 1530. The van der Waals surface area contributed by atoms with Crippen LogP contribution in [-0.4, -0.2) is 19.8 Å². The summed E-state index contributed by atoms with van der Waals surface area (Å²) in [7, 11) is 4.18. The van der Waals surface area contributed by atoms with Crippen molar-refractivity contribution in [2.24, 2.45) is 19.1 Å². The molecule has 1 aliphatic rings. The van der Waals surface area contributed by atoms with Crippen molar-refractivity contribution in [1.82, 2.24) is 14.1 Å². The number of fused-ring (bicyclic) bond motifs is 2. The summed E-state index contributed by atoms with van der Waals surface area (Å²) < 4.78 is 4.36. The molecule has 0 saturated heterocycles. The first-order valence-electron chi connectivity index (χ1n) is 12.2. The Morgan fingerprint density at radius 1 is 0.800 bits per heavy atom. The number of para-hydroxylation sites is 2. The SMILES string of the molecule is Cn1c(-c2[c-]c(-c3nc4c(CN=C5CCCCC5)cccc4n3C)ccc2)[c-]c2ccccc21.[Pt+2]. The molecule has 0 amide bonds. The van der Waals surface area contributed by atoms with Crippen LogP contribution < -0.4 is 0 Å². The van der Waals surface area contributed by atoms with E-state index in [1.54, 1.807) is 0 Å². The molecule has 1 aliphatic carbocycles. The molecule has 4 nitrogen and oxygen atoms in total. The van der Waals surface area contributed by atoms with Crippen LogP contribution in [0, 0.1) is 12.1 Å². The zero-order chi connectivity index (χ0) is 23.1. The number of aliphatic imine (C=N–C) groups is 1. The molecule has 1 fully saturated rings. The van der Waals surface area contributed by atoms with Gasteiger partial charge < -0.3 is 9.13 Å². The Kier molecular flexibility index (Phi) is 6.75. The fraction of sp³-hybridized carbons (Fsp3) is 0.267. The topological polar surface area (TPSA) is 35.1 Å². The van der Waals surface area contributed by atoms with Gasteiger partial charge in [0, 0.05) is 18.3 Å². The van der Waals surface area contributed by atoms with Gasteiger partial charge in [-0.2, -0.15) is 23.8 Å². The molecule has 5 aromatic rings. The van der Waals surface area contributed by atoms with Gasteiger partial charge in [-0.15, -0.1) is 35.3 Å². The van der Waals surface area contributed by atoms with Crippen molar-refractivity contribution in [3.05, 3.63) is 78.4 Å². The molecule has 0 unspecified atom stereocenters. The Balaban J connectivity index is 0.00000253. The number of rotatable bonds is 4. The monoisotopic (exact) mass is 639 g/mol. The summed E-state index contributed by atoms with van der Waals surface area (Å²) in [4.78, 5) is 10.0. The van der Waals surface area contributed by atoms with E-state index in [1.165, 1.54) is 36.1 Å². The molecule has 5 heteroatoms. The van der Waals surface area contributed by atoms with Crippen LogP contribution in [-0.2, 0) is 41.7 Å². The quantitative estimate of drug-likeness (QED) is 0.197. The van der Waals surface area contributed by atoms with Gasteiger partial charge in [0.25, 0.3) is 0 Å². The molecule has 178 valence electrons. The van der Waals surface area contributed by atoms with Crippen molar-refractivity contribution in [3.63, 3.8) is 0 Å². The third kappa shape index (κ3) is 4.41. The summed E-state index contributed by atoms with van der Waals surface area (Å²) in [6, 6.07) is 28.2. The van der Waals surface area contributed by atoms with E-state index in [-0.39, 0.29) is 21.1 Å². The van der Waals surface area contributed by atoms with Gasteiger partial charge in [0.05, 0.1) is 23.4 Å². The van der Waals surface area contributed by atoms with Crippen molar-refractivity contribution in [3.8, 4) is 22.6 Å². The summed E-state index contributed by atoms with van der Waals surface area (Å²) in [6.07, 6.45) is 6.19. The predicted molar refractivity (Wildman–Crippen MR) is 140 cm³/mol. The first-order chi connectivity index (χ1) is 16.7. The molecule has 2 aromatic heterocycles. The standard InChI is InChI=1S/C30H28N4.Pt/c1-33-26-16-7-6-10-22(26)19-28(33)21-11-8-12-23(18-21)30-32-29-24(13-9-17-27(29)34(30)2)20-31-25-14-4-3-5-15-25;/h6-13,16-17H,3-5,14-15,20H2,1-2H3;/q-2;+2. The number of hydrogen-bond acceptors (Lipinski definition) is 2. The van der Waals surface area contributed by atoms with Crippen LogP contribution in [0.2, 0.25) is 0 Å². The van der Waals surface area contributed by atoms with E-state index >= 15 is 0 Å². The number of hydrogen-bond donors (Lipinski definition) is 0. The molecule has 0 atom stereocenters. The zero-order valence-corrected chi connectivity index (χ0v) is 22.4. The van der Waals surface area contributed by atoms with Gasteiger partial charge in [-0.3, -0.25) is 9.98 Å². The molecular formula is C30H28N4Pt. The van der Waals surface area contributed by atoms with Gasteiger partial charge in [-0.25, -0.2) is 0 Å². The summed E-state index contributed by atoms with van der Waals surface area (Å²) >= 11 is 0. The minimum Gasteiger partial charge on any atom is -0.431 e. The minimum atomic E-state index is 0. The second kappa shape index (κ2) is 9.95. The van der Waals surface area contributed by atoms with Crippen LogP contribution in [0.1, 0.15) is 37.7 Å². The molecule has 35 heavy (non-hydrogen) atoms. The van der Waals surface area contributed by atoms with Crippen LogP contribution in [0.5, 0.6) is 0 Å². The number of aryl methyl sites for hydroxylation is 2. The Morgan fingerprint density at radius 3 is 2.37 bits per heavy atom. The fourth-order valence-corrected chi connectivity index (χ4v) is 5.15. The summed E-state index contributed by atoms with van der Waals surface area (Å²) in [5.74, 6) is 0.924. The maximum atomic E-state index is 5.09. The number of nitrogens with zero attached hydrogens (tertiary/aromatic N) is 4. The third-order valence-electron chi connectivity index (χ3n) is 7.04. The number of benzene rings is 3. The normalized spacial score (nSPS) is 13.8. The second-order valence-electron chi connectivity index (χ2n) is 9.25. The molecule has 0 aliphatic heterocycles. The average Bonchev–Trinajstić information content (AvgIpc) is 3.41. The van der Waals surface area contributed by atoms with Crippen LogP contribution >= 0.6 is 0 Å². The van der Waals surface area contributed by atoms with Crippen molar-refractivity contribution >= 4 is 27.6 Å². The second-order valence-corrected chi connectivity index (χ2v) is 9.25. The van der Waals surface area contributed by atoms with Gasteiger partial charge in [0.1, 0.15) is 0 Å². The van der Waals surface area contributed by atoms with Gasteiger partial charge in [0.15, 0.2) is 0 Å². The molecular weight excluding hydrogens is 611 g/mol. The maximum Gasteiger partial charge on any atom is 2.00 e. The first kappa shape index (κ1) is 23.8. The van der Waals surface area contributed by atoms with E-state index in [4.69, 9.17) is 9.98 Å². The average molecular weight is 640 g/mol. The maximum absolute atomic E-state index is 5.09. The summed E-state index contributed by atoms with van der Waals surface area (Å²) in [5, 5.41) is 1.12. The van der Waals surface area contributed by atoms with Crippen LogP contribution in [0.3, 0.4) is 0 Å². The van der Waals surface area contributed by atoms with E-state index in [9.17, 15) is 0 Å². The number of aromatic nitrogens is 3. The van der Waals surface area contributed by atoms with Crippen LogP contribution in [0.15, 0.2) is 65.7 Å². The Morgan fingerprint density at radius 2 is 1.54 bits per heavy atom. The molecule has 0 radical (unpaired) electrons. The zero-order valence-electron chi connectivity index (χ0n) is 20.1. The predicted octanol–water partition coefficient (Wildman–Crippen LogP) is 6.90. The Labute approximate surface area is 221 Å². The van der Waals surface area contributed by atoms with Gasteiger partial charge in [-0.1, -0.05) is 36.2 Å². The van der Waals surface area contributed by atoms with Gasteiger partial charge >= 0.3 is 21.1 Å². The Hall–Kier alpha value is -2.97. The van der Waals surface area contributed by atoms with Crippen LogP contribution in [0.4, 0.5) is 0 Å². The van der Waals surface area contributed by atoms with Gasteiger partial charge in [0.2, 0.25) is 0 Å².